The molecular weight excluding hydrogens is 300 g/mol. The molecule has 1 unspecified atom stereocenters. The van der Waals surface area contributed by atoms with Gasteiger partial charge in [0.1, 0.15) is 17.5 Å². The van der Waals surface area contributed by atoms with Crippen molar-refractivity contribution in [2.75, 3.05) is 17.2 Å². The minimum Gasteiger partial charge on any atom is -0.384 e. The van der Waals surface area contributed by atoms with Crippen molar-refractivity contribution < 1.29 is 17.2 Å². The molecule has 112 valence electrons. The van der Waals surface area contributed by atoms with Crippen LogP contribution in [0.25, 0.3) is 11.3 Å². The molecule has 1 saturated heterocycles. The summed E-state index contributed by atoms with van der Waals surface area (Å²) in [6.07, 6.45) is 0.436. The first-order valence-corrected chi connectivity index (χ1v) is 8.18. The average molecular weight is 313 g/mol. The van der Waals surface area contributed by atoms with E-state index >= 15 is 0 Å². The number of sulfone groups is 1. The predicted octanol–water partition coefficient (Wildman–Crippen LogP) is 1.77. The Labute approximate surface area is 120 Å². The summed E-state index contributed by atoms with van der Waals surface area (Å²) >= 11 is 0. The van der Waals surface area contributed by atoms with Gasteiger partial charge in [0.2, 0.25) is 0 Å². The lowest BCUT2D eigenvalue weighted by atomic mass is 10.1. The van der Waals surface area contributed by atoms with Gasteiger partial charge in [-0.15, -0.1) is 0 Å². The molecule has 5 nitrogen and oxygen atoms in total. The first kappa shape index (κ1) is 14.0. The number of nitrogen functional groups attached to an aromatic ring is 1. The van der Waals surface area contributed by atoms with Crippen molar-refractivity contribution in [2.45, 2.75) is 12.5 Å². The number of benzene rings is 1. The van der Waals surface area contributed by atoms with Gasteiger partial charge >= 0.3 is 0 Å². The lowest BCUT2D eigenvalue weighted by molar-refractivity contribution is 0.508. The van der Waals surface area contributed by atoms with Gasteiger partial charge in [0.15, 0.2) is 9.84 Å². The molecule has 0 amide bonds. The van der Waals surface area contributed by atoms with Gasteiger partial charge in [-0.05, 0) is 18.6 Å². The lowest BCUT2D eigenvalue weighted by Gasteiger charge is -2.10. The van der Waals surface area contributed by atoms with Crippen LogP contribution in [-0.4, -0.2) is 29.7 Å². The fourth-order valence-electron chi connectivity index (χ4n) is 2.51. The van der Waals surface area contributed by atoms with Crippen molar-refractivity contribution >= 4 is 15.7 Å². The number of nitrogens with zero attached hydrogens (tertiary/aromatic N) is 2. The number of hydrogen-bond donors (Lipinski definition) is 1. The molecule has 1 aliphatic heterocycles. The van der Waals surface area contributed by atoms with Crippen molar-refractivity contribution in [3.05, 3.63) is 35.9 Å². The van der Waals surface area contributed by atoms with Crippen LogP contribution >= 0.6 is 0 Å². The summed E-state index contributed by atoms with van der Waals surface area (Å²) in [5.41, 5.74) is 6.42. The maximum absolute atomic E-state index is 13.2. The highest BCUT2D eigenvalue weighted by Gasteiger charge is 2.31. The first-order valence-electron chi connectivity index (χ1n) is 6.36. The van der Waals surface area contributed by atoms with E-state index in [2.05, 4.69) is 5.10 Å². The Morgan fingerprint density at radius 2 is 1.86 bits per heavy atom. The normalized spacial score (nSPS) is 20.8. The van der Waals surface area contributed by atoms with Crippen molar-refractivity contribution in [2.24, 2.45) is 0 Å². The molecule has 2 N–H and O–H groups in total. The second-order valence-electron chi connectivity index (χ2n) is 5.11. The molecule has 2 aromatic rings. The van der Waals surface area contributed by atoms with E-state index in [1.54, 1.807) is 0 Å². The second kappa shape index (κ2) is 4.80. The van der Waals surface area contributed by atoms with Crippen molar-refractivity contribution in [1.29, 1.82) is 0 Å². The van der Waals surface area contributed by atoms with E-state index in [-0.39, 0.29) is 28.9 Å². The summed E-state index contributed by atoms with van der Waals surface area (Å²) in [7, 11) is -3.07. The van der Waals surface area contributed by atoms with E-state index in [9.17, 15) is 17.2 Å². The fraction of sp³-hybridized carbons (Fsp3) is 0.308. The van der Waals surface area contributed by atoms with Crippen LogP contribution in [0.3, 0.4) is 0 Å². The van der Waals surface area contributed by atoms with E-state index in [4.69, 9.17) is 5.73 Å². The molecule has 1 aliphatic rings. The SMILES string of the molecule is Nc1cc(-c2cc(F)cc(F)c2)nn1C1CCS(=O)(=O)C1. The number of hydrogen-bond acceptors (Lipinski definition) is 4. The van der Waals surface area contributed by atoms with Crippen LogP contribution in [0, 0.1) is 11.6 Å². The number of nitrogens with two attached hydrogens (primary N) is 1. The third kappa shape index (κ3) is 2.76. The van der Waals surface area contributed by atoms with Gasteiger partial charge in [0.05, 0.1) is 23.2 Å². The van der Waals surface area contributed by atoms with Crippen LogP contribution in [0.15, 0.2) is 24.3 Å². The molecule has 1 aromatic heterocycles. The molecule has 21 heavy (non-hydrogen) atoms. The maximum atomic E-state index is 13.2. The molecule has 0 bridgehead atoms. The molecule has 1 fully saturated rings. The molecule has 0 spiro atoms. The molecule has 0 saturated carbocycles. The largest absolute Gasteiger partial charge is 0.384 e. The van der Waals surface area contributed by atoms with Crippen LogP contribution in [0.2, 0.25) is 0 Å². The Morgan fingerprint density at radius 3 is 2.43 bits per heavy atom. The lowest BCUT2D eigenvalue weighted by Crippen LogP contribution is -2.14. The van der Waals surface area contributed by atoms with E-state index in [1.165, 1.54) is 10.7 Å². The summed E-state index contributed by atoms with van der Waals surface area (Å²) in [5.74, 6) is -1.06. The quantitative estimate of drug-likeness (QED) is 0.916. The zero-order valence-corrected chi connectivity index (χ0v) is 11.8. The zero-order valence-electron chi connectivity index (χ0n) is 11.0. The second-order valence-corrected chi connectivity index (χ2v) is 7.34. The summed E-state index contributed by atoms with van der Waals surface area (Å²) in [4.78, 5) is 0. The van der Waals surface area contributed by atoms with E-state index < -0.39 is 21.5 Å². The summed E-state index contributed by atoms with van der Waals surface area (Å²) in [5, 5.41) is 4.20. The summed E-state index contributed by atoms with van der Waals surface area (Å²) in [6, 6.07) is 4.23. The zero-order chi connectivity index (χ0) is 15.2. The number of rotatable bonds is 2. The number of aromatic nitrogens is 2. The third-order valence-corrected chi connectivity index (χ3v) is 5.23. The predicted molar refractivity (Wildman–Crippen MR) is 74.3 cm³/mol. The first-order chi connectivity index (χ1) is 9.84. The van der Waals surface area contributed by atoms with Crippen LogP contribution < -0.4 is 5.73 Å². The highest BCUT2D eigenvalue weighted by atomic mass is 32.2. The van der Waals surface area contributed by atoms with E-state index in [1.807, 2.05) is 0 Å². The Kier molecular flexibility index (Phi) is 3.20. The highest BCUT2D eigenvalue weighted by molar-refractivity contribution is 7.91. The number of halogens is 2. The summed E-state index contributed by atoms with van der Waals surface area (Å²) in [6.45, 7) is 0. The molecule has 0 radical (unpaired) electrons. The van der Waals surface area contributed by atoms with Gasteiger partial charge in [-0.2, -0.15) is 5.10 Å². The smallest absolute Gasteiger partial charge is 0.152 e. The van der Waals surface area contributed by atoms with Gasteiger partial charge in [0.25, 0.3) is 0 Å². The van der Waals surface area contributed by atoms with Crippen LogP contribution in [0.5, 0.6) is 0 Å². The van der Waals surface area contributed by atoms with Gasteiger partial charge in [-0.1, -0.05) is 0 Å². The molecular formula is C13H13F2N3O2S. The van der Waals surface area contributed by atoms with Crippen LogP contribution in [0.1, 0.15) is 12.5 Å². The highest BCUT2D eigenvalue weighted by Crippen LogP contribution is 2.29. The van der Waals surface area contributed by atoms with Crippen LogP contribution in [-0.2, 0) is 9.84 Å². The molecule has 1 atom stereocenters. The van der Waals surface area contributed by atoms with Gasteiger partial charge in [-0.25, -0.2) is 21.9 Å². The maximum Gasteiger partial charge on any atom is 0.152 e. The Hall–Kier alpha value is -1.96. The fourth-order valence-corrected chi connectivity index (χ4v) is 4.20. The van der Waals surface area contributed by atoms with Crippen molar-refractivity contribution in [3.63, 3.8) is 0 Å². The molecule has 2 heterocycles. The standard InChI is InChI=1S/C13H13F2N3O2S/c14-9-3-8(4-10(15)5-9)12-6-13(16)18(17-12)11-1-2-21(19,20)7-11/h3-6,11H,1-2,7,16H2. The van der Waals surface area contributed by atoms with E-state index in [0.717, 1.165) is 18.2 Å². The van der Waals surface area contributed by atoms with Crippen LogP contribution in [0.4, 0.5) is 14.6 Å². The Morgan fingerprint density at radius 1 is 1.19 bits per heavy atom. The van der Waals surface area contributed by atoms with Gasteiger partial charge in [0, 0.05) is 17.7 Å². The molecule has 3 rings (SSSR count). The Bertz CT molecular complexity index is 781. The average Bonchev–Trinajstić information content (AvgIpc) is 2.91. The Balaban J connectivity index is 1.98. The van der Waals surface area contributed by atoms with E-state index in [0.29, 0.717) is 12.1 Å². The molecule has 1 aromatic carbocycles. The minimum atomic E-state index is -3.07. The van der Waals surface area contributed by atoms with Crippen molar-refractivity contribution in [1.82, 2.24) is 9.78 Å². The third-order valence-electron chi connectivity index (χ3n) is 3.48. The summed E-state index contributed by atoms with van der Waals surface area (Å²) < 4.78 is 50.9. The minimum absolute atomic E-state index is 0.0180. The molecule has 0 aliphatic carbocycles. The molecule has 8 heteroatoms. The van der Waals surface area contributed by atoms with Gasteiger partial charge < -0.3 is 5.73 Å². The topological polar surface area (TPSA) is 78.0 Å². The number of anilines is 1. The van der Waals surface area contributed by atoms with Crippen molar-refractivity contribution in [3.8, 4) is 11.3 Å². The van der Waals surface area contributed by atoms with Gasteiger partial charge in [-0.3, -0.25) is 0 Å². The monoisotopic (exact) mass is 313 g/mol.